The first kappa shape index (κ1) is 21.3. The van der Waals surface area contributed by atoms with E-state index in [0.29, 0.717) is 12.1 Å². The van der Waals surface area contributed by atoms with Crippen molar-refractivity contribution in [3.05, 3.63) is 95.6 Å². The summed E-state index contributed by atoms with van der Waals surface area (Å²) in [6.07, 6.45) is 0. The van der Waals surface area contributed by atoms with E-state index < -0.39 is 0 Å². The summed E-state index contributed by atoms with van der Waals surface area (Å²) < 4.78 is 0. The number of nitrogens with zero attached hydrogens (tertiary/aromatic N) is 2. The third-order valence-corrected chi connectivity index (χ3v) is 6.15. The second kappa shape index (κ2) is 9.90. The lowest BCUT2D eigenvalue weighted by atomic mass is 10.0. The largest absolute Gasteiger partial charge is 0.350 e. The van der Waals surface area contributed by atoms with Gasteiger partial charge in [-0.2, -0.15) is 0 Å². The third-order valence-electron chi connectivity index (χ3n) is 6.15. The fraction of sp³-hybridized carbons (Fsp3) is 0.296. The second-order valence-electron chi connectivity index (χ2n) is 8.42. The summed E-state index contributed by atoms with van der Waals surface area (Å²) in [6.45, 7) is 6.84. The zero-order valence-electron chi connectivity index (χ0n) is 18.4. The molecule has 1 heterocycles. The minimum absolute atomic E-state index is 0.0224. The Bertz CT molecular complexity index is 975. The Hall–Kier alpha value is -2.95. The van der Waals surface area contributed by atoms with Crippen molar-refractivity contribution < 1.29 is 4.79 Å². The number of hydrogen-bond donors (Lipinski definition) is 1. The van der Waals surface area contributed by atoms with Gasteiger partial charge in [-0.05, 0) is 42.8 Å². The maximum absolute atomic E-state index is 12.9. The number of likely N-dealkylation sites (N-methyl/N-ethyl adjacent to an activating group) is 1. The van der Waals surface area contributed by atoms with E-state index in [1.54, 1.807) is 0 Å². The van der Waals surface area contributed by atoms with Crippen molar-refractivity contribution in [1.82, 2.24) is 15.1 Å². The number of benzene rings is 3. The van der Waals surface area contributed by atoms with Gasteiger partial charge < -0.3 is 10.2 Å². The highest BCUT2D eigenvalue weighted by Crippen LogP contribution is 2.23. The Morgan fingerprint density at radius 3 is 2.10 bits per heavy atom. The molecule has 160 valence electrons. The van der Waals surface area contributed by atoms with Crippen LogP contribution in [0.5, 0.6) is 0 Å². The van der Waals surface area contributed by atoms with Crippen molar-refractivity contribution in [2.75, 3.05) is 39.8 Å². The molecule has 1 unspecified atom stereocenters. The van der Waals surface area contributed by atoms with Crippen LogP contribution in [0.4, 0.5) is 0 Å². The van der Waals surface area contributed by atoms with Gasteiger partial charge in [0.05, 0.1) is 6.04 Å². The fourth-order valence-corrected chi connectivity index (χ4v) is 4.12. The number of carbonyl (C=O) groups is 1. The molecule has 4 nitrogen and oxygen atoms in total. The smallest absolute Gasteiger partial charge is 0.251 e. The first-order valence-corrected chi connectivity index (χ1v) is 11.0. The van der Waals surface area contributed by atoms with Crippen molar-refractivity contribution >= 4 is 5.91 Å². The van der Waals surface area contributed by atoms with E-state index in [-0.39, 0.29) is 11.9 Å². The third kappa shape index (κ3) is 5.40. The normalized spacial score (nSPS) is 16.1. The molecule has 1 N–H and O–H groups in total. The van der Waals surface area contributed by atoms with E-state index in [0.717, 1.165) is 37.3 Å². The Kier molecular flexibility index (Phi) is 6.80. The average Bonchev–Trinajstić information content (AvgIpc) is 2.82. The van der Waals surface area contributed by atoms with E-state index in [1.807, 2.05) is 42.5 Å². The van der Waals surface area contributed by atoms with E-state index in [9.17, 15) is 4.79 Å². The topological polar surface area (TPSA) is 35.6 Å². The summed E-state index contributed by atoms with van der Waals surface area (Å²) in [5.74, 6) is -0.0224. The average molecular weight is 414 g/mol. The predicted molar refractivity (Wildman–Crippen MR) is 127 cm³/mol. The molecule has 1 aliphatic rings. The minimum Gasteiger partial charge on any atom is -0.350 e. The number of aryl methyl sites for hydroxylation is 1. The van der Waals surface area contributed by atoms with Crippen LogP contribution in [0.1, 0.15) is 27.5 Å². The molecule has 3 aromatic carbocycles. The Morgan fingerprint density at radius 1 is 0.839 bits per heavy atom. The lowest BCUT2D eigenvalue weighted by Crippen LogP contribution is -2.48. The molecule has 1 amide bonds. The van der Waals surface area contributed by atoms with Gasteiger partial charge in [0.2, 0.25) is 0 Å². The summed E-state index contributed by atoms with van der Waals surface area (Å²) >= 11 is 0. The highest BCUT2D eigenvalue weighted by atomic mass is 16.1. The van der Waals surface area contributed by atoms with Crippen LogP contribution in [0, 0.1) is 6.92 Å². The van der Waals surface area contributed by atoms with Crippen LogP contribution in [0.15, 0.2) is 78.9 Å². The first-order chi connectivity index (χ1) is 15.1. The van der Waals surface area contributed by atoms with Gasteiger partial charge in [0.1, 0.15) is 0 Å². The molecule has 0 saturated carbocycles. The molecule has 1 aliphatic heterocycles. The lowest BCUT2D eigenvalue weighted by Gasteiger charge is -2.38. The molecule has 1 saturated heterocycles. The molecule has 1 fully saturated rings. The zero-order chi connectivity index (χ0) is 21.6. The minimum atomic E-state index is -0.0224. The van der Waals surface area contributed by atoms with E-state index in [1.165, 1.54) is 11.1 Å². The molecular formula is C27H31N3O. The van der Waals surface area contributed by atoms with Crippen molar-refractivity contribution in [1.29, 1.82) is 0 Å². The monoisotopic (exact) mass is 413 g/mol. The number of piperazine rings is 1. The summed E-state index contributed by atoms with van der Waals surface area (Å²) in [5, 5.41) is 3.19. The molecular weight excluding hydrogens is 382 g/mol. The fourth-order valence-electron chi connectivity index (χ4n) is 4.12. The van der Waals surface area contributed by atoms with Gasteiger partial charge in [-0.1, -0.05) is 72.3 Å². The van der Waals surface area contributed by atoms with Gasteiger partial charge in [-0.25, -0.2) is 0 Å². The molecule has 31 heavy (non-hydrogen) atoms. The van der Waals surface area contributed by atoms with Gasteiger partial charge in [0.15, 0.2) is 0 Å². The number of carbonyl (C=O) groups excluding carboxylic acids is 1. The lowest BCUT2D eigenvalue weighted by molar-refractivity contribution is 0.0886. The van der Waals surface area contributed by atoms with Crippen LogP contribution >= 0.6 is 0 Å². The molecule has 3 aromatic rings. The Labute approximate surface area is 185 Å². The molecule has 4 rings (SSSR count). The maximum Gasteiger partial charge on any atom is 0.251 e. The van der Waals surface area contributed by atoms with Gasteiger partial charge in [-0.3, -0.25) is 9.69 Å². The maximum atomic E-state index is 12.9. The van der Waals surface area contributed by atoms with Gasteiger partial charge in [0, 0.05) is 38.3 Å². The SMILES string of the molecule is Cc1ccc(C(CNC(=O)c2ccc(-c3ccccc3)cc2)N2CCN(C)CC2)cc1. The summed E-state index contributed by atoms with van der Waals surface area (Å²) in [5.41, 5.74) is 5.48. The van der Waals surface area contributed by atoms with Crippen LogP contribution in [-0.2, 0) is 0 Å². The molecule has 0 radical (unpaired) electrons. The molecule has 0 aliphatic carbocycles. The second-order valence-corrected chi connectivity index (χ2v) is 8.42. The first-order valence-electron chi connectivity index (χ1n) is 11.0. The van der Waals surface area contributed by atoms with Gasteiger partial charge >= 0.3 is 0 Å². The van der Waals surface area contributed by atoms with Crippen LogP contribution in [-0.4, -0.2) is 55.5 Å². The van der Waals surface area contributed by atoms with Crippen LogP contribution in [0.3, 0.4) is 0 Å². The zero-order valence-corrected chi connectivity index (χ0v) is 18.4. The van der Waals surface area contributed by atoms with E-state index in [4.69, 9.17) is 0 Å². The van der Waals surface area contributed by atoms with E-state index >= 15 is 0 Å². The van der Waals surface area contributed by atoms with E-state index in [2.05, 4.69) is 65.5 Å². The number of rotatable bonds is 6. The van der Waals surface area contributed by atoms with Crippen LogP contribution in [0.2, 0.25) is 0 Å². The van der Waals surface area contributed by atoms with Crippen molar-refractivity contribution in [2.24, 2.45) is 0 Å². The summed E-state index contributed by atoms with van der Waals surface area (Å²) in [4.78, 5) is 17.7. The molecule has 4 heteroatoms. The quantitative estimate of drug-likeness (QED) is 0.651. The van der Waals surface area contributed by atoms with Crippen molar-refractivity contribution in [2.45, 2.75) is 13.0 Å². The highest BCUT2D eigenvalue weighted by molar-refractivity contribution is 5.94. The van der Waals surface area contributed by atoms with Crippen LogP contribution in [0.25, 0.3) is 11.1 Å². The van der Waals surface area contributed by atoms with Crippen molar-refractivity contribution in [3.8, 4) is 11.1 Å². The summed E-state index contributed by atoms with van der Waals surface area (Å²) in [7, 11) is 2.17. The Morgan fingerprint density at radius 2 is 1.45 bits per heavy atom. The Balaban J connectivity index is 1.44. The predicted octanol–water partition coefficient (Wildman–Crippen LogP) is 4.38. The molecule has 1 atom stereocenters. The highest BCUT2D eigenvalue weighted by Gasteiger charge is 2.24. The van der Waals surface area contributed by atoms with Gasteiger partial charge in [0.25, 0.3) is 5.91 Å². The van der Waals surface area contributed by atoms with Gasteiger partial charge in [-0.15, -0.1) is 0 Å². The van der Waals surface area contributed by atoms with Crippen molar-refractivity contribution in [3.63, 3.8) is 0 Å². The number of amides is 1. The standard InChI is InChI=1S/C27H31N3O/c1-21-8-10-24(11-9-21)26(30-18-16-29(2)17-19-30)20-28-27(31)25-14-12-23(13-15-25)22-6-4-3-5-7-22/h3-15,26H,16-20H2,1-2H3,(H,28,31). The molecule has 0 spiro atoms. The summed E-state index contributed by atoms with van der Waals surface area (Å²) in [6, 6.07) is 27.0. The number of nitrogens with one attached hydrogen (secondary N) is 1. The number of hydrogen-bond acceptors (Lipinski definition) is 3. The molecule has 0 bridgehead atoms. The van der Waals surface area contributed by atoms with Crippen LogP contribution < -0.4 is 5.32 Å². The molecule has 0 aromatic heterocycles.